The highest BCUT2D eigenvalue weighted by Crippen LogP contribution is 2.39. The number of ether oxygens (including phenoxy) is 1. The first-order valence-electron chi connectivity index (χ1n) is 6.55. The maximum Gasteiger partial charge on any atom is 0.311 e. The van der Waals surface area contributed by atoms with E-state index in [0.717, 1.165) is 16.7 Å². The zero-order valence-corrected chi connectivity index (χ0v) is 11.5. The third-order valence-corrected chi connectivity index (χ3v) is 3.36. The van der Waals surface area contributed by atoms with Crippen molar-refractivity contribution in [2.24, 2.45) is 0 Å². The Balaban J connectivity index is 2.23. The van der Waals surface area contributed by atoms with Crippen LogP contribution < -0.4 is 4.74 Å². The lowest BCUT2D eigenvalue weighted by atomic mass is 10.0. The summed E-state index contributed by atoms with van der Waals surface area (Å²) in [6.07, 6.45) is -0.159. The van der Waals surface area contributed by atoms with Crippen molar-refractivity contribution in [3.63, 3.8) is 0 Å². The summed E-state index contributed by atoms with van der Waals surface area (Å²) in [6.45, 7) is 0. The first-order valence-corrected chi connectivity index (χ1v) is 6.55. The first kappa shape index (κ1) is 13.2. The van der Waals surface area contributed by atoms with Crippen molar-refractivity contribution in [1.29, 1.82) is 0 Å². The number of benzene rings is 1. The van der Waals surface area contributed by atoms with Crippen LogP contribution in [0.25, 0.3) is 22.5 Å². The highest BCUT2D eigenvalue weighted by Gasteiger charge is 2.19. The van der Waals surface area contributed by atoms with Gasteiger partial charge in [-0.1, -0.05) is 30.3 Å². The van der Waals surface area contributed by atoms with Crippen molar-refractivity contribution in [3.8, 4) is 28.2 Å². The van der Waals surface area contributed by atoms with E-state index in [1.807, 2.05) is 42.5 Å². The van der Waals surface area contributed by atoms with Crippen molar-refractivity contribution in [3.05, 3.63) is 54.3 Å². The average Bonchev–Trinajstić information content (AvgIpc) is 2.88. The Bertz CT molecular complexity index is 743. The van der Waals surface area contributed by atoms with E-state index in [-0.39, 0.29) is 6.42 Å². The zero-order chi connectivity index (χ0) is 14.8. The molecular formula is C17H14O4. The number of carbonyl (C=O) groups is 1. The topological polar surface area (TPSA) is 59.7 Å². The zero-order valence-electron chi connectivity index (χ0n) is 11.5. The molecule has 0 saturated carbocycles. The minimum Gasteiger partial charge on any atom is -0.496 e. The van der Waals surface area contributed by atoms with Gasteiger partial charge in [-0.05, 0) is 23.8 Å². The summed E-state index contributed by atoms with van der Waals surface area (Å²) in [7, 11) is 1.60. The number of carboxylic acids is 1. The molecule has 0 aromatic heterocycles. The Kier molecular flexibility index (Phi) is 3.36. The van der Waals surface area contributed by atoms with E-state index in [4.69, 9.17) is 14.3 Å². The van der Waals surface area contributed by atoms with Crippen LogP contribution in [0, 0.1) is 0 Å². The van der Waals surface area contributed by atoms with Crippen LogP contribution >= 0.6 is 0 Å². The van der Waals surface area contributed by atoms with Crippen molar-refractivity contribution < 1.29 is 19.1 Å². The lowest BCUT2D eigenvalue weighted by Gasteiger charge is -2.12. The molecule has 0 radical (unpaired) electrons. The lowest BCUT2D eigenvalue weighted by molar-refractivity contribution is -0.136. The Morgan fingerprint density at radius 2 is 1.90 bits per heavy atom. The maximum atomic E-state index is 11.1. The number of methoxy groups -OCH3 is 1. The second-order valence-corrected chi connectivity index (χ2v) is 4.70. The largest absolute Gasteiger partial charge is 0.496 e. The molecule has 0 saturated heterocycles. The fourth-order valence-corrected chi connectivity index (χ4v) is 2.40. The molecule has 0 fully saturated rings. The molecule has 2 aliphatic rings. The molecule has 1 heterocycles. The predicted octanol–water partition coefficient (Wildman–Crippen LogP) is 3.69. The predicted molar refractivity (Wildman–Crippen MR) is 78.7 cm³/mol. The van der Waals surface area contributed by atoms with Gasteiger partial charge in [0.2, 0.25) is 0 Å². The monoisotopic (exact) mass is 282 g/mol. The first-order chi connectivity index (χ1) is 10.2. The van der Waals surface area contributed by atoms with Crippen LogP contribution in [-0.2, 0) is 11.2 Å². The van der Waals surface area contributed by atoms with Gasteiger partial charge in [0.25, 0.3) is 0 Å². The molecule has 4 heteroatoms. The summed E-state index contributed by atoms with van der Waals surface area (Å²) < 4.78 is 11.1. The van der Waals surface area contributed by atoms with E-state index in [2.05, 4.69) is 0 Å². The second-order valence-electron chi connectivity index (χ2n) is 4.70. The van der Waals surface area contributed by atoms with Crippen LogP contribution in [-0.4, -0.2) is 18.2 Å². The highest BCUT2D eigenvalue weighted by molar-refractivity contribution is 5.80. The number of fused-ring (bicyclic) bond motifs is 1. The van der Waals surface area contributed by atoms with Gasteiger partial charge in [0.15, 0.2) is 0 Å². The molecule has 4 nitrogen and oxygen atoms in total. The molecule has 1 aromatic carbocycles. The van der Waals surface area contributed by atoms with Crippen molar-refractivity contribution in [2.45, 2.75) is 6.42 Å². The van der Waals surface area contributed by atoms with E-state index < -0.39 is 5.97 Å². The third-order valence-electron chi connectivity index (χ3n) is 3.36. The third kappa shape index (κ3) is 2.48. The molecule has 0 amide bonds. The molecule has 3 rings (SSSR count). The normalized spacial score (nSPS) is 10.7. The fourth-order valence-electron chi connectivity index (χ4n) is 2.40. The Morgan fingerprint density at radius 1 is 1.14 bits per heavy atom. The Morgan fingerprint density at radius 3 is 2.57 bits per heavy atom. The standard InChI is InChI=1S/C17H14O4/c1-20-14-7-8-15-13(14)9-12(11-5-3-2-4-6-11)16(21-15)10-17(18)19/h2-9H,10H2,1H3,(H,18,19). The van der Waals surface area contributed by atoms with Crippen LogP contribution in [0.2, 0.25) is 0 Å². The number of aliphatic carboxylic acids is 1. The minimum absolute atomic E-state index is 0.159. The molecular weight excluding hydrogens is 268 g/mol. The number of hydrogen-bond acceptors (Lipinski definition) is 3. The molecule has 106 valence electrons. The fraction of sp³-hybridized carbons (Fsp3) is 0.118. The lowest BCUT2D eigenvalue weighted by Crippen LogP contribution is -2.02. The van der Waals surface area contributed by atoms with Gasteiger partial charge in [-0.3, -0.25) is 4.79 Å². The molecule has 0 bridgehead atoms. The van der Waals surface area contributed by atoms with E-state index in [0.29, 0.717) is 17.3 Å². The summed E-state index contributed by atoms with van der Waals surface area (Å²) in [5, 5.41) is 9.08. The second kappa shape index (κ2) is 5.32. The molecule has 1 N–H and O–H groups in total. The molecule has 1 aliphatic heterocycles. The average molecular weight is 282 g/mol. The molecule has 1 aromatic rings. The summed E-state index contributed by atoms with van der Waals surface area (Å²) in [5.41, 5.74) is 2.53. The van der Waals surface area contributed by atoms with Crippen molar-refractivity contribution in [2.75, 3.05) is 7.11 Å². The van der Waals surface area contributed by atoms with Crippen LogP contribution in [0.1, 0.15) is 5.76 Å². The van der Waals surface area contributed by atoms with Crippen LogP contribution in [0.5, 0.6) is 5.75 Å². The summed E-state index contributed by atoms with van der Waals surface area (Å²) in [6, 6.07) is 15.1. The van der Waals surface area contributed by atoms with Gasteiger partial charge in [-0.2, -0.15) is 0 Å². The summed E-state index contributed by atoms with van der Waals surface area (Å²) >= 11 is 0. The van der Waals surface area contributed by atoms with Crippen molar-refractivity contribution >= 4 is 5.97 Å². The van der Waals surface area contributed by atoms with Gasteiger partial charge in [0.1, 0.15) is 23.7 Å². The van der Waals surface area contributed by atoms with E-state index in [1.54, 1.807) is 13.2 Å². The quantitative estimate of drug-likeness (QED) is 0.792. The van der Waals surface area contributed by atoms with Crippen LogP contribution in [0.15, 0.2) is 52.9 Å². The Labute approximate surface area is 121 Å². The maximum absolute atomic E-state index is 11.1. The summed E-state index contributed by atoms with van der Waals surface area (Å²) in [4.78, 5) is 11.1. The SMILES string of the molecule is COc1ccc2oc(CC(=O)O)c(-c3ccccc3)cc1-2. The van der Waals surface area contributed by atoms with Crippen LogP contribution in [0.4, 0.5) is 0 Å². The van der Waals surface area contributed by atoms with Gasteiger partial charge < -0.3 is 14.3 Å². The van der Waals surface area contributed by atoms with E-state index in [1.165, 1.54) is 0 Å². The number of carboxylic acid groups (broad SMARTS) is 1. The van der Waals surface area contributed by atoms with Gasteiger partial charge in [-0.25, -0.2) is 0 Å². The molecule has 1 aliphatic carbocycles. The molecule has 0 unspecified atom stereocenters. The Hall–Kier alpha value is -2.75. The van der Waals surface area contributed by atoms with Gasteiger partial charge >= 0.3 is 5.97 Å². The smallest absolute Gasteiger partial charge is 0.311 e. The van der Waals surface area contributed by atoms with Crippen LogP contribution in [0.3, 0.4) is 0 Å². The number of rotatable bonds is 4. The highest BCUT2D eigenvalue weighted by atomic mass is 16.5. The van der Waals surface area contributed by atoms with Crippen molar-refractivity contribution in [1.82, 2.24) is 0 Å². The summed E-state index contributed by atoms with van der Waals surface area (Å²) in [5.74, 6) is 0.860. The molecule has 0 atom stereocenters. The molecule has 0 spiro atoms. The minimum atomic E-state index is -0.922. The molecule has 21 heavy (non-hydrogen) atoms. The van der Waals surface area contributed by atoms with E-state index in [9.17, 15) is 4.79 Å². The van der Waals surface area contributed by atoms with Gasteiger partial charge in [0, 0.05) is 5.56 Å². The van der Waals surface area contributed by atoms with Gasteiger partial charge in [0.05, 0.1) is 12.7 Å². The number of hydrogen-bond donors (Lipinski definition) is 1. The van der Waals surface area contributed by atoms with E-state index >= 15 is 0 Å². The van der Waals surface area contributed by atoms with Gasteiger partial charge in [-0.15, -0.1) is 0 Å².